The van der Waals surface area contributed by atoms with Gasteiger partial charge in [-0.1, -0.05) is 0 Å². The van der Waals surface area contributed by atoms with Crippen molar-refractivity contribution in [2.24, 2.45) is 0 Å². The lowest BCUT2D eigenvalue weighted by atomic mass is 10.2. The van der Waals surface area contributed by atoms with E-state index in [-0.39, 0.29) is 12.1 Å². The fourth-order valence-electron chi connectivity index (χ4n) is 1.68. The topological polar surface area (TPSA) is 73.3 Å². The molecule has 0 saturated carbocycles. The van der Waals surface area contributed by atoms with E-state index in [1.807, 2.05) is 0 Å². The monoisotopic (exact) mass is 327 g/mol. The third-order valence-electron chi connectivity index (χ3n) is 2.73. The minimum atomic E-state index is -3.20. The lowest BCUT2D eigenvalue weighted by Crippen LogP contribution is -2.23. The Hall–Kier alpha value is -2.84. The van der Waals surface area contributed by atoms with E-state index in [0.717, 1.165) is 12.3 Å². The van der Waals surface area contributed by atoms with Crippen molar-refractivity contribution >= 4 is 5.91 Å². The standard InChI is InChI=1S/C14H12F3N3O3/c1-22-10-2-8(4-18-7-10)5-19-12(21)9-3-11(15)13(20-6-9)23-14(16)17/h2-4,6-7,14H,5H2,1H3,(H,19,21). The van der Waals surface area contributed by atoms with Crippen LogP contribution in [0.25, 0.3) is 0 Å². The molecule has 23 heavy (non-hydrogen) atoms. The number of methoxy groups -OCH3 is 1. The van der Waals surface area contributed by atoms with Crippen LogP contribution in [-0.4, -0.2) is 29.6 Å². The summed E-state index contributed by atoms with van der Waals surface area (Å²) in [6.45, 7) is -3.07. The third kappa shape index (κ3) is 4.56. The first-order valence-electron chi connectivity index (χ1n) is 6.36. The molecule has 0 unspecified atom stereocenters. The molecule has 0 spiro atoms. The van der Waals surface area contributed by atoms with Gasteiger partial charge in [0.1, 0.15) is 5.75 Å². The van der Waals surface area contributed by atoms with E-state index in [9.17, 15) is 18.0 Å². The first-order chi connectivity index (χ1) is 11.0. The van der Waals surface area contributed by atoms with Crippen LogP contribution in [0, 0.1) is 5.82 Å². The smallest absolute Gasteiger partial charge is 0.388 e. The number of pyridine rings is 2. The predicted octanol–water partition coefficient (Wildman–Crippen LogP) is 2.16. The van der Waals surface area contributed by atoms with Crippen LogP contribution in [0.2, 0.25) is 0 Å². The van der Waals surface area contributed by atoms with Gasteiger partial charge >= 0.3 is 6.61 Å². The molecule has 0 aliphatic carbocycles. The molecule has 1 N–H and O–H groups in total. The molecule has 1 amide bonds. The zero-order valence-electron chi connectivity index (χ0n) is 11.9. The van der Waals surface area contributed by atoms with Crippen molar-refractivity contribution in [3.63, 3.8) is 0 Å². The summed E-state index contributed by atoms with van der Waals surface area (Å²) in [4.78, 5) is 19.2. The molecule has 6 nitrogen and oxygen atoms in total. The minimum Gasteiger partial charge on any atom is -0.495 e. The van der Waals surface area contributed by atoms with Crippen LogP contribution >= 0.6 is 0 Å². The van der Waals surface area contributed by atoms with Crippen LogP contribution in [0.3, 0.4) is 0 Å². The Bertz CT molecular complexity index is 698. The molecular weight excluding hydrogens is 315 g/mol. The maximum Gasteiger partial charge on any atom is 0.388 e. The number of carbonyl (C=O) groups is 1. The zero-order chi connectivity index (χ0) is 16.8. The number of hydrogen-bond donors (Lipinski definition) is 1. The normalized spacial score (nSPS) is 10.5. The Morgan fingerprint density at radius 1 is 1.30 bits per heavy atom. The van der Waals surface area contributed by atoms with Crippen LogP contribution in [0.15, 0.2) is 30.7 Å². The highest BCUT2D eigenvalue weighted by atomic mass is 19.3. The number of nitrogens with one attached hydrogen (secondary N) is 1. The van der Waals surface area contributed by atoms with E-state index in [1.54, 1.807) is 6.07 Å². The third-order valence-corrected chi connectivity index (χ3v) is 2.73. The number of nitrogens with zero attached hydrogens (tertiary/aromatic N) is 2. The number of ether oxygens (including phenoxy) is 2. The summed E-state index contributed by atoms with van der Waals surface area (Å²) < 4.78 is 46.4. The summed E-state index contributed by atoms with van der Waals surface area (Å²) in [5.74, 6) is -2.12. The molecule has 0 atom stereocenters. The first kappa shape index (κ1) is 16.5. The summed E-state index contributed by atoms with van der Waals surface area (Å²) in [5.41, 5.74) is 0.545. The predicted molar refractivity (Wildman–Crippen MR) is 72.8 cm³/mol. The van der Waals surface area contributed by atoms with Gasteiger partial charge in [-0.3, -0.25) is 9.78 Å². The summed E-state index contributed by atoms with van der Waals surface area (Å²) >= 11 is 0. The molecule has 0 aliphatic heterocycles. The van der Waals surface area contributed by atoms with Crippen LogP contribution < -0.4 is 14.8 Å². The maximum absolute atomic E-state index is 13.5. The van der Waals surface area contributed by atoms with E-state index < -0.39 is 24.2 Å². The molecule has 0 aliphatic rings. The number of rotatable bonds is 6. The highest BCUT2D eigenvalue weighted by Gasteiger charge is 2.15. The van der Waals surface area contributed by atoms with Gasteiger partial charge in [-0.15, -0.1) is 0 Å². The van der Waals surface area contributed by atoms with Gasteiger partial charge in [-0.05, 0) is 17.7 Å². The number of carbonyl (C=O) groups excluding carboxylic acids is 1. The molecule has 0 aromatic carbocycles. The van der Waals surface area contributed by atoms with Crippen LogP contribution in [0.5, 0.6) is 11.6 Å². The van der Waals surface area contributed by atoms with Crippen molar-refractivity contribution in [2.45, 2.75) is 13.2 Å². The van der Waals surface area contributed by atoms with Crippen molar-refractivity contribution in [1.29, 1.82) is 0 Å². The summed E-state index contributed by atoms with van der Waals surface area (Å²) in [6, 6.07) is 2.44. The molecule has 122 valence electrons. The van der Waals surface area contributed by atoms with Gasteiger partial charge in [-0.2, -0.15) is 8.78 Å². The first-order valence-corrected chi connectivity index (χ1v) is 6.36. The molecule has 2 aromatic heterocycles. The second-order valence-corrected chi connectivity index (χ2v) is 4.31. The largest absolute Gasteiger partial charge is 0.495 e. The van der Waals surface area contributed by atoms with E-state index in [2.05, 4.69) is 20.0 Å². The Labute approximate surface area is 129 Å². The highest BCUT2D eigenvalue weighted by molar-refractivity contribution is 5.93. The molecule has 2 rings (SSSR count). The SMILES string of the molecule is COc1cncc(CNC(=O)c2cnc(OC(F)F)c(F)c2)c1. The minimum absolute atomic E-state index is 0.125. The number of hydrogen-bond acceptors (Lipinski definition) is 5. The highest BCUT2D eigenvalue weighted by Crippen LogP contribution is 2.17. The number of halogens is 3. The molecule has 0 bridgehead atoms. The number of amides is 1. The quantitative estimate of drug-likeness (QED) is 0.880. The second kappa shape index (κ2) is 7.43. The Balaban J connectivity index is 2.01. The number of alkyl halides is 2. The van der Waals surface area contributed by atoms with Crippen LogP contribution in [0.4, 0.5) is 13.2 Å². The van der Waals surface area contributed by atoms with Crippen molar-refractivity contribution in [3.8, 4) is 11.6 Å². The van der Waals surface area contributed by atoms with Crippen molar-refractivity contribution < 1.29 is 27.4 Å². The Morgan fingerprint density at radius 3 is 2.74 bits per heavy atom. The van der Waals surface area contributed by atoms with Gasteiger partial charge in [0.15, 0.2) is 5.82 Å². The second-order valence-electron chi connectivity index (χ2n) is 4.31. The van der Waals surface area contributed by atoms with Gasteiger partial charge in [0.25, 0.3) is 11.8 Å². The van der Waals surface area contributed by atoms with E-state index in [1.165, 1.54) is 19.5 Å². The fraction of sp³-hybridized carbons (Fsp3) is 0.214. The average molecular weight is 327 g/mol. The van der Waals surface area contributed by atoms with Gasteiger partial charge in [0, 0.05) is 18.9 Å². The summed E-state index contributed by atoms with van der Waals surface area (Å²) in [7, 11) is 1.48. The van der Waals surface area contributed by atoms with Gasteiger partial charge in [0.2, 0.25) is 0 Å². The molecule has 2 heterocycles. The van der Waals surface area contributed by atoms with Crippen LogP contribution in [0.1, 0.15) is 15.9 Å². The Morgan fingerprint density at radius 2 is 2.09 bits per heavy atom. The van der Waals surface area contributed by atoms with Crippen molar-refractivity contribution in [1.82, 2.24) is 15.3 Å². The molecule has 0 fully saturated rings. The molecule has 0 saturated heterocycles. The van der Waals surface area contributed by atoms with Gasteiger partial charge in [-0.25, -0.2) is 9.37 Å². The molecule has 0 radical (unpaired) electrons. The molecular formula is C14H12F3N3O3. The lowest BCUT2D eigenvalue weighted by Gasteiger charge is -2.08. The van der Waals surface area contributed by atoms with E-state index in [0.29, 0.717) is 11.3 Å². The lowest BCUT2D eigenvalue weighted by molar-refractivity contribution is -0.0553. The average Bonchev–Trinajstić information content (AvgIpc) is 2.54. The molecule has 2 aromatic rings. The van der Waals surface area contributed by atoms with Gasteiger partial charge < -0.3 is 14.8 Å². The number of aromatic nitrogens is 2. The fourth-order valence-corrected chi connectivity index (χ4v) is 1.68. The van der Waals surface area contributed by atoms with E-state index in [4.69, 9.17) is 4.74 Å². The maximum atomic E-state index is 13.5. The van der Waals surface area contributed by atoms with Crippen LogP contribution in [-0.2, 0) is 6.54 Å². The Kier molecular flexibility index (Phi) is 5.34. The van der Waals surface area contributed by atoms with Gasteiger partial charge in [0.05, 0.1) is 18.9 Å². The summed E-state index contributed by atoms with van der Waals surface area (Å²) in [6.07, 6.45) is 3.98. The van der Waals surface area contributed by atoms with Crippen molar-refractivity contribution in [3.05, 3.63) is 47.7 Å². The zero-order valence-corrected chi connectivity index (χ0v) is 11.9. The molecule has 9 heteroatoms. The van der Waals surface area contributed by atoms with E-state index >= 15 is 0 Å². The van der Waals surface area contributed by atoms with Crippen molar-refractivity contribution in [2.75, 3.05) is 7.11 Å². The summed E-state index contributed by atoms with van der Waals surface area (Å²) in [5, 5.41) is 2.52.